The van der Waals surface area contributed by atoms with Crippen LogP contribution in [0.4, 0.5) is 0 Å². The Kier molecular flexibility index (Phi) is 4.37. The number of benzene rings is 2. The number of halogens is 2. The van der Waals surface area contributed by atoms with Gasteiger partial charge in [0.25, 0.3) is 0 Å². The molecule has 2 aromatic rings. The van der Waals surface area contributed by atoms with E-state index in [4.69, 9.17) is 18.6 Å². The normalized spacial score (nSPS) is 9.88. The SMILES string of the molecule is [Cl][Ti]([Cl])=[C](c1ccccc1)c1ccccc1. The van der Waals surface area contributed by atoms with Gasteiger partial charge in [0.15, 0.2) is 0 Å². The van der Waals surface area contributed by atoms with Gasteiger partial charge in [-0.25, -0.2) is 0 Å². The summed E-state index contributed by atoms with van der Waals surface area (Å²) in [5.74, 6) is 0. The first-order valence-electron chi connectivity index (χ1n) is 4.95. The second-order valence-electron chi connectivity index (χ2n) is 3.37. The molecule has 0 bridgehead atoms. The summed E-state index contributed by atoms with van der Waals surface area (Å²) in [6.07, 6.45) is 0. The van der Waals surface area contributed by atoms with E-state index in [1.807, 2.05) is 36.4 Å². The van der Waals surface area contributed by atoms with E-state index >= 15 is 0 Å². The van der Waals surface area contributed by atoms with Gasteiger partial charge in [0.2, 0.25) is 0 Å². The van der Waals surface area contributed by atoms with Crippen molar-refractivity contribution in [3.8, 4) is 0 Å². The molecule has 2 aromatic carbocycles. The average Bonchev–Trinajstić information content (AvgIpc) is 2.31. The quantitative estimate of drug-likeness (QED) is 0.726. The second-order valence-corrected chi connectivity index (χ2v) is 8.88. The second kappa shape index (κ2) is 5.79. The van der Waals surface area contributed by atoms with Gasteiger partial charge in [0, 0.05) is 0 Å². The van der Waals surface area contributed by atoms with E-state index < -0.39 is 15.3 Å². The fraction of sp³-hybridized carbons (Fsp3) is 0. The molecular weight excluding hydrogens is 275 g/mol. The third kappa shape index (κ3) is 2.84. The molecule has 0 spiro atoms. The molecule has 0 amide bonds. The van der Waals surface area contributed by atoms with Crippen LogP contribution in [0, 0.1) is 0 Å². The fourth-order valence-electron chi connectivity index (χ4n) is 1.59. The predicted molar refractivity (Wildman–Crippen MR) is 67.8 cm³/mol. The summed E-state index contributed by atoms with van der Waals surface area (Å²) in [7, 11) is 12.4. The molecule has 0 nitrogen and oxygen atoms in total. The van der Waals surface area contributed by atoms with Gasteiger partial charge in [-0.05, 0) is 0 Å². The Hall–Kier alpha value is -0.396. The molecule has 0 fully saturated rings. The van der Waals surface area contributed by atoms with Crippen LogP contribution in [0.3, 0.4) is 0 Å². The van der Waals surface area contributed by atoms with Crippen molar-refractivity contribution in [2.45, 2.75) is 0 Å². The van der Waals surface area contributed by atoms with Crippen molar-refractivity contribution < 1.29 is 15.3 Å². The molecule has 0 aliphatic heterocycles. The zero-order valence-corrected chi connectivity index (χ0v) is 11.6. The first-order valence-corrected chi connectivity index (χ1v) is 10.0. The van der Waals surface area contributed by atoms with E-state index in [1.165, 1.54) is 0 Å². The summed E-state index contributed by atoms with van der Waals surface area (Å²) < 4.78 is 1.12. The van der Waals surface area contributed by atoms with E-state index in [9.17, 15) is 0 Å². The Bertz CT molecular complexity index is 446. The van der Waals surface area contributed by atoms with E-state index in [-0.39, 0.29) is 0 Å². The molecule has 0 atom stereocenters. The van der Waals surface area contributed by atoms with Crippen LogP contribution in [0.25, 0.3) is 0 Å². The summed E-state index contributed by atoms with van der Waals surface area (Å²) in [6.45, 7) is 0. The first kappa shape index (κ1) is 12.1. The van der Waals surface area contributed by atoms with E-state index in [1.54, 1.807) is 0 Å². The molecule has 0 N–H and O–H groups in total. The van der Waals surface area contributed by atoms with Crippen molar-refractivity contribution in [3.05, 3.63) is 71.8 Å². The maximum absolute atomic E-state index is 6.21. The van der Waals surface area contributed by atoms with Gasteiger partial charge in [-0.1, -0.05) is 0 Å². The molecule has 16 heavy (non-hydrogen) atoms. The summed E-state index contributed by atoms with van der Waals surface area (Å²) >= 11 is -2.15. The summed E-state index contributed by atoms with van der Waals surface area (Å²) in [5, 5.41) is 0. The standard InChI is InChI=1S/C13H10.2ClH.Ti/c1-3-7-12(8-4-1)11-13-9-5-2-6-10-13;;;/h1-10H;2*1H;/q;;;+2/p-2. The molecule has 0 saturated carbocycles. The Morgan fingerprint density at radius 3 is 1.38 bits per heavy atom. The minimum absolute atomic E-state index is 1.12. The Morgan fingerprint density at radius 1 is 0.688 bits per heavy atom. The van der Waals surface area contributed by atoms with Crippen molar-refractivity contribution in [2.24, 2.45) is 0 Å². The molecule has 0 aromatic heterocycles. The fourth-order valence-corrected chi connectivity index (χ4v) is 4.60. The molecule has 80 valence electrons. The Balaban J connectivity index is 2.54. The van der Waals surface area contributed by atoms with Crippen LogP contribution in [0.1, 0.15) is 11.1 Å². The van der Waals surface area contributed by atoms with Gasteiger partial charge in [0.05, 0.1) is 0 Å². The Labute approximate surface area is 109 Å². The molecule has 2 rings (SSSR count). The van der Waals surface area contributed by atoms with Crippen LogP contribution in [-0.4, -0.2) is 3.81 Å². The van der Waals surface area contributed by atoms with E-state index in [0.29, 0.717) is 0 Å². The van der Waals surface area contributed by atoms with Gasteiger partial charge in [-0.3, -0.25) is 0 Å². The molecule has 0 unspecified atom stereocenters. The zero-order valence-electron chi connectivity index (χ0n) is 8.53. The molecule has 0 saturated heterocycles. The third-order valence-corrected chi connectivity index (χ3v) is 5.36. The number of hydrogen-bond acceptors (Lipinski definition) is 0. The van der Waals surface area contributed by atoms with Crippen molar-refractivity contribution in [1.82, 2.24) is 0 Å². The predicted octanol–water partition coefficient (Wildman–Crippen LogP) is 4.18. The van der Waals surface area contributed by atoms with Gasteiger partial charge < -0.3 is 0 Å². The van der Waals surface area contributed by atoms with Crippen molar-refractivity contribution >= 4 is 22.4 Å². The molecule has 0 aliphatic carbocycles. The van der Waals surface area contributed by atoms with E-state index in [2.05, 4.69) is 24.3 Å². The third-order valence-electron chi connectivity index (χ3n) is 2.31. The minimum atomic E-state index is -2.15. The topological polar surface area (TPSA) is 0 Å². The zero-order chi connectivity index (χ0) is 11.4. The van der Waals surface area contributed by atoms with Crippen LogP contribution >= 0.6 is 18.6 Å². The number of hydrogen-bond donors (Lipinski definition) is 0. The summed E-state index contributed by atoms with van der Waals surface area (Å²) in [4.78, 5) is 0. The number of rotatable bonds is 2. The first-order chi connectivity index (χ1) is 7.79. The Morgan fingerprint density at radius 2 is 1.06 bits per heavy atom. The molecule has 3 heteroatoms. The van der Waals surface area contributed by atoms with Gasteiger partial charge in [-0.15, -0.1) is 0 Å². The van der Waals surface area contributed by atoms with Gasteiger partial charge in [-0.2, -0.15) is 0 Å². The molecule has 0 radical (unpaired) electrons. The van der Waals surface area contributed by atoms with Crippen molar-refractivity contribution in [2.75, 3.05) is 0 Å². The molecular formula is C13H10Cl2Ti. The van der Waals surface area contributed by atoms with Gasteiger partial charge >= 0.3 is 109 Å². The van der Waals surface area contributed by atoms with Crippen LogP contribution in [-0.2, 0) is 15.3 Å². The van der Waals surface area contributed by atoms with Crippen LogP contribution in [0.2, 0.25) is 0 Å². The van der Waals surface area contributed by atoms with E-state index in [0.717, 1.165) is 14.9 Å². The van der Waals surface area contributed by atoms with Gasteiger partial charge in [0.1, 0.15) is 0 Å². The monoisotopic (exact) mass is 284 g/mol. The van der Waals surface area contributed by atoms with Crippen molar-refractivity contribution in [3.63, 3.8) is 0 Å². The van der Waals surface area contributed by atoms with Crippen LogP contribution in [0.15, 0.2) is 60.7 Å². The van der Waals surface area contributed by atoms with Crippen LogP contribution < -0.4 is 0 Å². The molecule has 0 aliphatic rings. The van der Waals surface area contributed by atoms with Crippen molar-refractivity contribution in [1.29, 1.82) is 0 Å². The summed E-state index contributed by atoms with van der Waals surface area (Å²) in [5.41, 5.74) is 2.27. The maximum atomic E-state index is 6.21. The molecule has 0 heterocycles. The summed E-state index contributed by atoms with van der Waals surface area (Å²) in [6, 6.07) is 20.2. The average molecular weight is 285 g/mol. The van der Waals surface area contributed by atoms with Crippen LogP contribution in [0.5, 0.6) is 0 Å².